The number of nitrogens with one attached hydrogen (secondary N) is 2. The van der Waals surface area contributed by atoms with Crippen molar-refractivity contribution in [1.82, 2.24) is 0 Å². The molecule has 2 aromatic rings. The lowest BCUT2D eigenvalue weighted by atomic mass is 10.2. The molecule has 1 aliphatic rings. The van der Waals surface area contributed by atoms with Crippen molar-refractivity contribution in [2.24, 2.45) is 0 Å². The standard InChI is InChI=1S/C18H16ClF3N2O2/c19-14-8-3-11(18(20,21)22)10-15(14)23-12-4-6-13(7-5-12)24-17(25)16-2-1-9-26-16/h3-8,10,16,23H,1-2,9H2,(H,24,25). The predicted molar refractivity (Wildman–Crippen MR) is 93.8 cm³/mol. The lowest BCUT2D eigenvalue weighted by Crippen LogP contribution is -2.26. The Labute approximate surface area is 153 Å². The van der Waals surface area contributed by atoms with Crippen LogP contribution in [0.4, 0.5) is 30.2 Å². The molecule has 2 aromatic carbocycles. The van der Waals surface area contributed by atoms with Crippen molar-refractivity contribution >= 4 is 34.6 Å². The summed E-state index contributed by atoms with van der Waals surface area (Å²) >= 11 is 5.97. The molecular formula is C18H16ClF3N2O2. The van der Waals surface area contributed by atoms with E-state index in [1.807, 2.05) is 0 Å². The van der Waals surface area contributed by atoms with Crippen LogP contribution in [0.5, 0.6) is 0 Å². The number of amides is 1. The van der Waals surface area contributed by atoms with Crippen LogP contribution in [-0.2, 0) is 15.7 Å². The molecule has 1 unspecified atom stereocenters. The van der Waals surface area contributed by atoms with Gasteiger partial charge in [0.1, 0.15) is 6.10 Å². The smallest absolute Gasteiger partial charge is 0.368 e. The normalized spacial score (nSPS) is 17.2. The van der Waals surface area contributed by atoms with E-state index in [0.717, 1.165) is 18.6 Å². The number of benzene rings is 2. The van der Waals surface area contributed by atoms with Gasteiger partial charge in [0.15, 0.2) is 0 Å². The van der Waals surface area contributed by atoms with E-state index < -0.39 is 17.8 Å². The minimum absolute atomic E-state index is 0.151. The Bertz CT molecular complexity index is 788. The van der Waals surface area contributed by atoms with Gasteiger partial charge in [0, 0.05) is 18.0 Å². The Morgan fingerprint density at radius 3 is 2.42 bits per heavy atom. The SMILES string of the molecule is O=C(Nc1ccc(Nc2cc(C(F)(F)F)ccc2Cl)cc1)C1CCCO1. The van der Waals surface area contributed by atoms with Gasteiger partial charge in [-0.05, 0) is 55.3 Å². The summed E-state index contributed by atoms with van der Waals surface area (Å²) in [6, 6.07) is 9.66. The average Bonchev–Trinajstić information content (AvgIpc) is 3.12. The zero-order chi connectivity index (χ0) is 18.7. The molecule has 0 aromatic heterocycles. The van der Waals surface area contributed by atoms with Crippen LogP contribution < -0.4 is 10.6 Å². The predicted octanol–water partition coefficient (Wildman–Crippen LogP) is 5.22. The second kappa shape index (κ2) is 7.55. The highest BCUT2D eigenvalue weighted by Gasteiger charge is 2.31. The molecule has 8 heteroatoms. The average molecular weight is 385 g/mol. The molecule has 0 aliphatic carbocycles. The molecule has 1 amide bonds. The van der Waals surface area contributed by atoms with E-state index in [0.29, 0.717) is 24.4 Å². The molecular weight excluding hydrogens is 369 g/mol. The number of hydrogen-bond acceptors (Lipinski definition) is 3. The first-order valence-electron chi connectivity index (χ1n) is 7.99. The Balaban J connectivity index is 1.68. The number of carbonyl (C=O) groups excluding carboxylic acids is 1. The summed E-state index contributed by atoms with van der Waals surface area (Å²) in [5.74, 6) is -0.205. The Hall–Kier alpha value is -2.25. The molecule has 2 N–H and O–H groups in total. The first-order valence-corrected chi connectivity index (χ1v) is 8.37. The van der Waals surface area contributed by atoms with E-state index in [1.165, 1.54) is 6.07 Å². The first kappa shape index (κ1) is 18.5. The maximum absolute atomic E-state index is 12.8. The summed E-state index contributed by atoms with van der Waals surface area (Å²) in [6.45, 7) is 0.582. The Morgan fingerprint density at radius 1 is 1.12 bits per heavy atom. The van der Waals surface area contributed by atoms with Gasteiger partial charge in [-0.15, -0.1) is 0 Å². The number of halogens is 4. The van der Waals surface area contributed by atoms with Gasteiger partial charge in [0.2, 0.25) is 0 Å². The molecule has 1 fully saturated rings. The number of hydrogen-bond donors (Lipinski definition) is 2. The number of ether oxygens (including phenoxy) is 1. The van der Waals surface area contributed by atoms with Gasteiger partial charge in [0.25, 0.3) is 5.91 Å². The molecule has 4 nitrogen and oxygen atoms in total. The third-order valence-corrected chi connectivity index (χ3v) is 4.28. The van der Waals surface area contributed by atoms with Crippen LogP contribution in [0.2, 0.25) is 5.02 Å². The number of rotatable bonds is 4. The summed E-state index contributed by atoms with van der Waals surface area (Å²) in [6.07, 6.45) is -3.33. The van der Waals surface area contributed by atoms with E-state index in [9.17, 15) is 18.0 Å². The van der Waals surface area contributed by atoms with Gasteiger partial charge in [-0.1, -0.05) is 11.6 Å². The van der Waals surface area contributed by atoms with E-state index >= 15 is 0 Å². The Morgan fingerprint density at radius 2 is 1.81 bits per heavy atom. The topological polar surface area (TPSA) is 50.4 Å². The Kier molecular flexibility index (Phi) is 5.38. The molecule has 3 rings (SSSR count). The molecule has 1 atom stereocenters. The van der Waals surface area contributed by atoms with Gasteiger partial charge in [-0.25, -0.2) is 0 Å². The number of carbonyl (C=O) groups is 1. The molecule has 1 heterocycles. The van der Waals surface area contributed by atoms with E-state index in [2.05, 4.69) is 10.6 Å². The molecule has 0 radical (unpaired) electrons. The first-order chi connectivity index (χ1) is 12.3. The zero-order valence-electron chi connectivity index (χ0n) is 13.6. The summed E-state index contributed by atoms with van der Waals surface area (Å²) < 4.78 is 43.8. The summed E-state index contributed by atoms with van der Waals surface area (Å²) in [7, 11) is 0. The fourth-order valence-electron chi connectivity index (χ4n) is 2.60. The highest BCUT2D eigenvalue weighted by molar-refractivity contribution is 6.33. The molecule has 0 bridgehead atoms. The summed E-state index contributed by atoms with van der Waals surface area (Å²) in [5.41, 5.74) is 0.481. The quantitative estimate of drug-likeness (QED) is 0.759. The van der Waals surface area contributed by atoms with Gasteiger partial charge in [-0.2, -0.15) is 13.2 Å². The van der Waals surface area contributed by atoms with Crippen molar-refractivity contribution in [1.29, 1.82) is 0 Å². The van der Waals surface area contributed by atoms with E-state index in [1.54, 1.807) is 24.3 Å². The number of alkyl halides is 3. The van der Waals surface area contributed by atoms with Gasteiger partial charge in [-0.3, -0.25) is 4.79 Å². The van der Waals surface area contributed by atoms with Gasteiger partial charge in [0.05, 0.1) is 16.3 Å². The monoisotopic (exact) mass is 384 g/mol. The van der Waals surface area contributed by atoms with Crippen molar-refractivity contribution in [2.45, 2.75) is 25.1 Å². The molecule has 26 heavy (non-hydrogen) atoms. The van der Waals surface area contributed by atoms with Crippen LogP contribution in [0.3, 0.4) is 0 Å². The van der Waals surface area contributed by atoms with Gasteiger partial charge < -0.3 is 15.4 Å². The van der Waals surface area contributed by atoms with Crippen molar-refractivity contribution in [3.63, 3.8) is 0 Å². The van der Waals surface area contributed by atoms with Crippen LogP contribution in [0, 0.1) is 0 Å². The van der Waals surface area contributed by atoms with Crippen molar-refractivity contribution in [2.75, 3.05) is 17.2 Å². The maximum Gasteiger partial charge on any atom is 0.416 e. The molecule has 1 aliphatic heterocycles. The van der Waals surface area contributed by atoms with Gasteiger partial charge >= 0.3 is 6.18 Å². The molecule has 0 saturated carbocycles. The zero-order valence-corrected chi connectivity index (χ0v) is 14.3. The van der Waals surface area contributed by atoms with Crippen molar-refractivity contribution in [3.05, 3.63) is 53.1 Å². The fourth-order valence-corrected chi connectivity index (χ4v) is 2.76. The maximum atomic E-state index is 12.8. The van der Waals surface area contributed by atoms with E-state index in [4.69, 9.17) is 16.3 Å². The fraction of sp³-hybridized carbons (Fsp3) is 0.278. The lowest BCUT2D eigenvalue weighted by molar-refractivity contribution is -0.137. The highest BCUT2D eigenvalue weighted by atomic mass is 35.5. The van der Waals surface area contributed by atoms with Crippen LogP contribution in [0.25, 0.3) is 0 Å². The van der Waals surface area contributed by atoms with Crippen LogP contribution in [0.1, 0.15) is 18.4 Å². The summed E-state index contributed by atoms with van der Waals surface area (Å²) in [5, 5.41) is 5.77. The largest absolute Gasteiger partial charge is 0.416 e. The van der Waals surface area contributed by atoms with Crippen LogP contribution in [-0.4, -0.2) is 18.6 Å². The third kappa shape index (κ3) is 4.47. The highest BCUT2D eigenvalue weighted by Crippen LogP contribution is 2.35. The van der Waals surface area contributed by atoms with Crippen LogP contribution >= 0.6 is 11.6 Å². The molecule has 138 valence electrons. The molecule has 1 saturated heterocycles. The number of anilines is 3. The second-order valence-corrected chi connectivity index (χ2v) is 6.29. The van der Waals surface area contributed by atoms with Crippen molar-refractivity contribution in [3.8, 4) is 0 Å². The summed E-state index contributed by atoms with van der Waals surface area (Å²) in [4.78, 5) is 12.0. The minimum Gasteiger partial charge on any atom is -0.368 e. The van der Waals surface area contributed by atoms with Crippen LogP contribution in [0.15, 0.2) is 42.5 Å². The second-order valence-electron chi connectivity index (χ2n) is 5.89. The minimum atomic E-state index is -4.45. The molecule has 0 spiro atoms. The van der Waals surface area contributed by atoms with Crippen molar-refractivity contribution < 1.29 is 22.7 Å². The lowest BCUT2D eigenvalue weighted by Gasteiger charge is -2.13. The third-order valence-electron chi connectivity index (χ3n) is 3.95. The van der Waals surface area contributed by atoms with E-state index in [-0.39, 0.29) is 16.6 Å².